The minimum absolute atomic E-state index is 0. The van der Waals surface area contributed by atoms with Crippen molar-refractivity contribution in [1.29, 1.82) is 0 Å². The maximum atomic E-state index is 9.64. The van der Waals surface area contributed by atoms with Crippen molar-refractivity contribution in [3.8, 4) is 0 Å². The summed E-state index contributed by atoms with van der Waals surface area (Å²) in [6.07, 6.45) is -0.593. The van der Waals surface area contributed by atoms with E-state index in [9.17, 15) is 9.59 Å². The molecule has 0 amide bonds. The summed E-state index contributed by atoms with van der Waals surface area (Å²) in [7, 11) is 0. The quantitative estimate of drug-likeness (QED) is 0.480. The van der Waals surface area contributed by atoms with Crippen LogP contribution >= 0.6 is 0 Å². The molecule has 0 heterocycles. The summed E-state index contributed by atoms with van der Waals surface area (Å²) in [5, 5.41) is 15.8. The van der Waals surface area contributed by atoms with Gasteiger partial charge in [0.2, 0.25) is 0 Å². The molecule has 0 aromatic heterocycles. The third-order valence-electron chi connectivity index (χ3n) is 0.553. The SMILES string of the molecule is O=C(O)CCC(=O)O.[BeH2]. The molecule has 5 heteroatoms. The molecule has 0 aromatic rings. The normalized spacial score (nSPS) is 7.56. The second kappa shape index (κ2) is 5.25. The van der Waals surface area contributed by atoms with E-state index in [4.69, 9.17) is 10.2 Å². The van der Waals surface area contributed by atoms with Crippen molar-refractivity contribution >= 4 is 22.1 Å². The van der Waals surface area contributed by atoms with Gasteiger partial charge in [-0.05, 0) is 0 Å². The Balaban J connectivity index is 0. The predicted octanol–water partition coefficient (Wildman–Crippen LogP) is -0.980. The van der Waals surface area contributed by atoms with Crippen LogP contribution in [0.1, 0.15) is 12.8 Å². The summed E-state index contributed by atoms with van der Waals surface area (Å²) >= 11 is 0. The first kappa shape index (κ1) is 11.0. The molecule has 50 valence electrons. The number of aliphatic carboxylic acids is 2. The number of rotatable bonds is 3. The summed E-state index contributed by atoms with van der Waals surface area (Å²) in [6.45, 7) is 0. The van der Waals surface area contributed by atoms with Crippen LogP contribution in [0, 0.1) is 0 Å². The summed E-state index contributed by atoms with van der Waals surface area (Å²) in [5.74, 6) is -2.15. The van der Waals surface area contributed by atoms with Crippen molar-refractivity contribution in [2.75, 3.05) is 0 Å². The van der Waals surface area contributed by atoms with Gasteiger partial charge in [0.25, 0.3) is 0 Å². The molecule has 0 aromatic carbocycles. The van der Waals surface area contributed by atoms with Crippen LogP contribution in [0.3, 0.4) is 0 Å². The Morgan fingerprint density at radius 3 is 1.33 bits per heavy atom. The van der Waals surface area contributed by atoms with Crippen molar-refractivity contribution < 1.29 is 19.8 Å². The van der Waals surface area contributed by atoms with Crippen molar-refractivity contribution in [3.05, 3.63) is 0 Å². The molecule has 0 bridgehead atoms. The van der Waals surface area contributed by atoms with Crippen LogP contribution in [0.4, 0.5) is 0 Å². The molecule has 9 heavy (non-hydrogen) atoms. The Bertz CT molecular complexity index is 97.1. The molecule has 0 rings (SSSR count). The molecular formula is C4H8BeO4. The van der Waals surface area contributed by atoms with Gasteiger partial charge in [0.1, 0.15) is 0 Å². The number of hydrogen-bond acceptors (Lipinski definition) is 2. The number of carboxylic acid groups (broad SMARTS) is 2. The molecule has 0 fully saturated rings. The molecule has 0 unspecified atom stereocenters. The van der Waals surface area contributed by atoms with Crippen LogP contribution in [-0.4, -0.2) is 32.3 Å². The average molecular weight is 129 g/mol. The van der Waals surface area contributed by atoms with E-state index in [-0.39, 0.29) is 23.0 Å². The first-order valence-electron chi connectivity index (χ1n) is 2.06. The van der Waals surface area contributed by atoms with E-state index >= 15 is 0 Å². The number of hydrogen-bond donors (Lipinski definition) is 2. The molecule has 2 N–H and O–H groups in total. The number of carboxylic acids is 2. The first-order valence-corrected chi connectivity index (χ1v) is 2.06. The molecule has 0 aliphatic heterocycles. The second-order valence-electron chi connectivity index (χ2n) is 1.29. The van der Waals surface area contributed by atoms with Gasteiger partial charge in [-0.2, -0.15) is 0 Å². The summed E-state index contributed by atoms with van der Waals surface area (Å²) in [5.41, 5.74) is 0. The molecule has 0 aliphatic rings. The van der Waals surface area contributed by atoms with E-state index in [0.717, 1.165) is 0 Å². The van der Waals surface area contributed by atoms with Gasteiger partial charge in [-0.25, -0.2) is 0 Å². The zero-order valence-electron chi connectivity index (χ0n) is 4.13. The van der Waals surface area contributed by atoms with E-state index in [0.29, 0.717) is 0 Å². The zero-order chi connectivity index (χ0) is 6.57. The summed E-state index contributed by atoms with van der Waals surface area (Å²) in [4.78, 5) is 19.3. The van der Waals surface area contributed by atoms with Gasteiger partial charge in [0, 0.05) is 0 Å². The fraction of sp³-hybridized carbons (Fsp3) is 0.500. The van der Waals surface area contributed by atoms with E-state index in [1.165, 1.54) is 0 Å². The van der Waals surface area contributed by atoms with Crippen molar-refractivity contribution in [2.45, 2.75) is 12.8 Å². The third kappa shape index (κ3) is 11.0. The minimum atomic E-state index is -1.08. The van der Waals surface area contributed by atoms with E-state index in [1.54, 1.807) is 0 Å². The Morgan fingerprint density at radius 2 is 1.22 bits per heavy atom. The predicted molar refractivity (Wildman–Crippen MR) is 33.0 cm³/mol. The Labute approximate surface area is 55.7 Å². The van der Waals surface area contributed by atoms with Crippen molar-refractivity contribution in [3.63, 3.8) is 0 Å². The molecule has 0 radical (unpaired) electrons. The van der Waals surface area contributed by atoms with E-state index in [1.807, 2.05) is 0 Å². The molecule has 0 aliphatic carbocycles. The monoisotopic (exact) mass is 129 g/mol. The standard InChI is InChI=1S/C4H6O4.Be.2H/c5-3(6)1-2-4(7)8;;;/h1-2H2,(H,5,6)(H,7,8);;;. The van der Waals surface area contributed by atoms with Gasteiger partial charge < -0.3 is 10.2 Å². The molecule has 4 nitrogen and oxygen atoms in total. The maximum absolute atomic E-state index is 9.64. The summed E-state index contributed by atoms with van der Waals surface area (Å²) < 4.78 is 0. The van der Waals surface area contributed by atoms with Crippen LogP contribution in [0.5, 0.6) is 0 Å². The molecule has 0 spiro atoms. The Kier molecular flexibility index (Phi) is 6.40. The average Bonchev–Trinajstić information content (AvgIpc) is 1.61. The van der Waals surface area contributed by atoms with Crippen LogP contribution in [-0.2, 0) is 9.59 Å². The molecule has 0 saturated carbocycles. The second-order valence-corrected chi connectivity index (χ2v) is 1.29. The van der Waals surface area contributed by atoms with Crippen molar-refractivity contribution in [1.82, 2.24) is 0 Å². The van der Waals surface area contributed by atoms with E-state index in [2.05, 4.69) is 0 Å². The number of carbonyl (C=O) groups is 2. The fourth-order valence-electron chi connectivity index (χ4n) is 0.214. The molecular weight excluding hydrogens is 121 g/mol. The topological polar surface area (TPSA) is 74.6 Å². The molecule has 0 saturated heterocycles. The van der Waals surface area contributed by atoms with Gasteiger partial charge in [-0.3, -0.25) is 9.59 Å². The van der Waals surface area contributed by atoms with Gasteiger partial charge in [-0.1, -0.05) is 0 Å². The summed E-state index contributed by atoms with van der Waals surface area (Å²) in [6, 6.07) is 0. The van der Waals surface area contributed by atoms with E-state index < -0.39 is 11.9 Å². The zero-order valence-corrected chi connectivity index (χ0v) is 4.13. The van der Waals surface area contributed by atoms with Gasteiger partial charge >= 0.3 is 22.1 Å². The van der Waals surface area contributed by atoms with Gasteiger partial charge in [0.15, 0.2) is 0 Å². The van der Waals surface area contributed by atoms with Crippen LogP contribution in [0.15, 0.2) is 0 Å². The van der Waals surface area contributed by atoms with Gasteiger partial charge in [0.05, 0.1) is 12.8 Å². The van der Waals surface area contributed by atoms with Crippen molar-refractivity contribution in [2.24, 2.45) is 0 Å². The first-order chi connectivity index (χ1) is 3.63. The Hall–Kier alpha value is -0.891. The van der Waals surface area contributed by atoms with Crippen LogP contribution in [0.2, 0.25) is 0 Å². The molecule has 0 atom stereocenters. The Morgan fingerprint density at radius 1 is 1.00 bits per heavy atom. The van der Waals surface area contributed by atoms with Crippen LogP contribution < -0.4 is 0 Å². The fourth-order valence-corrected chi connectivity index (χ4v) is 0.214. The third-order valence-corrected chi connectivity index (χ3v) is 0.553. The van der Waals surface area contributed by atoms with Gasteiger partial charge in [-0.15, -0.1) is 0 Å². The van der Waals surface area contributed by atoms with Crippen LogP contribution in [0.25, 0.3) is 0 Å².